The number of thiol groups is 1. The molecule has 0 aromatic heterocycles. The van der Waals surface area contributed by atoms with Crippen molar-refractivity contribution in [1.29, 1.82) is 0 Å². The number of aliphatic hydroxyl groups excluding tert-OH is 1. The van der Waals surface area contributed by atoms with Crippen LogP contribution in [0.15, 0.2) is 24.3 Å². The first-order chi connectivity index (χ1) is 15.0. The molecule has 0 fully saturated rings. The standard InChI is InChI=1S/C20H30N4O7S/c1-10(2)16(19(29)23-15(9-32)20(30)31)24-18(28)14(22-17(27)13(21)8-25)7-11-3-5-12(26)6-4-11/h3-6,10,13-16,25-26,32H,7-9,21H2,1-2H3,(H,22,27)(H,23,29)(H,24,28)(H,30,31). The van der Waals surface area contributed by atoms with E-state index in [0.29, 0.717) is 5.56 Å². The SMILES string of the molecule is CC(C)C(NC(=O)C(Cc1ccc(O)cc1)NC(=O)C(N)CO)C(=O)NC(CS)C(=O)O. The predicted octanol–water partition coefficient (Wildman–Crippen LogP) is -1.62. The van der Waals surface area contributed by atoms with Crippen molar-refractivity contribution in [2.75, 3.05) is 12.4 Å². The van der Waals surface area contributed by atoms with Crippen LogP contribution in [-0.2, 0) is 25.6 Å². The Morgan fingerprint density at radius 1 is 0.969 bits per heavy atom. The molecule has 8 N–H and O–H groups in total. The van der Waals surface area contributed by atoms with E-state index in [4.69, 9.17) is 15.9 Å². The van der Waals surface area contributed by atoms with E-state index in [1.54, 1.807) is 26.0 Å². The molecule has 4 unspecified atom stereocenters. The van der Waals surface area contributed by atoms with Gasteiger partial charge in [-0.25, -0.2) is 4.79 Å². The Hall–Kier alpha value is -2.83. The van der Waals surface area contributed by atoms with Gasteiger partial charge in [0.05, 0.1) is 6.61 Å². The summed E-state index contributed by atoms with van der Waals surface area (Å²) in [6.07, 6.45) is 0.0107. The van der Waals surface area contributed by atoms with Crippen molar-refractivity contribution >= 4 is 36.3 Å². The number of hydrogen-bond acceptors (Lipinski definition) is 8. The first kappa shape index (κ1) is 27.2. The van der Waals surface area contributed by atoms with E-state index in [1.165, 1.54) is 12.1 Å². The summed E-state index contributed by atoms with van der Waals surface area (Å²) in [7, 11) is 0. The molecule has 0 aliphatic carbocycles. The van der Waals surface area contributed by atoms with E-state index in [0.717, 1.165) is 0 Å². The lowest BCUT2D eigenvalue weighted by Crippen LogP contribution is -2.59. The third-order valence-electron chi connectivity index (χ3n) is 4.59. The minimum Gasteiger partial charge on any atom is -0.508 e. The number of benzene rings is 1. The fourth-order valence-electron chi connectivity index (χ4n) is 2.67. The Kier molecular flexibility index (Phi) is 11.0. The molecule has 32 heavy (non-hydrogen) atoms. The summed E-state index contributed by atoms with van der Waals surface area (Å²) in [5.41, 5.74) is 6.12. The van der Waals surface area contributed by atoms with Crippen LogP contribution in [0, 0.1) is 5.92 Å². The number of carboxylic acids is 1. The Morgan fingerprint density at radius 3 is 2.00 bits per heavy atom. The molecular formula is C20H30N4O7S. The second kappa shape index (κ2) is 12.9. The van der Waals surface area contributed by atoms with Crippen LogP contribution in [0.2, 0.25) is 0 Å². The monoisotopic (exact) mass is 470 g/mol. The second-order valence-corrected chi connectivity index (χ2v) is 7.90. The van der Waals surface area contributed by atoms with Crippen molar-refractivity contribution in [2.45, 2.75) is 44.4 Å². The van der Waals surface area contributed by atoms with E-state index in [-0.39, 0.29) is 17.9 Å². The normalized spacial score (nSPS) is 14.7. The number of phenolic OH excluding ortho intramolecular Hbond substituents is 1. The number of hydrogen-bond donors (Lipinski definition) is 8. The van der Waals surface area contributed by atoms with Crippen LogP contribution in [-0.4, -0.2) is 75.5 Å². The largest absolute Gasteiger partial charge is 0.508 e. The van der Waals surface area contributed by atoms with Gasteiger partial charge in [-0.05, 0) is 23.6 Å². The predicted molar refractivity (Wildman–Crippen MR) is 119 cm³/mol. The van der Waals surface area contributed by atoms with Crippen molar-refractivity contribution < 1.29 is 34.5 Å². The van der Waals surface area contributed by atoms with Crippen LogP contribution in [0.25, 0.3) is 0 Å². The van der Waals surface area contributed by atoms with Gasteiger partial charge in [-0.1, -0.05) is 26.0 Å². The number of nitrogens with one attached hydrogen (secondary N) is 3. The van der Waals surface area contributed by atoms with E-state index in [9.17, 15) is 24.3 Å². The lowest BCUT2D eigenvalue weighted by molar-refractivity contribution is -0.142. The van der Waals surface area contributed by atoms with Gasteiger partial charge in [-0.3, -0.25) is 14.4 Å². The minimum atomic E-state index is -1.27. The highest BCUT2D eigenvalue weighted by molar-refractivity contribution is 7.80. The molecule has 12 heteroatoms. The molecule has 4 atom stereocenters. The summed E-state index contributed by atoms with van der Waals surface area (Å²) in [5, 5.41) is 35.0. The number of aliphatic hydroxyl groups is 1. The average Bonchev–Trinajstić information content (AvgIpc) is 2.75. The molecule has 0 spiro atoms. The van der Waals surface area contributed by atoms with Gasteiger partial charge in [-0.15, -0.1) is 0 Å². The molecule has 3 amide bonds. The number of carbonyl (C=O) groups is 4. The molecule has 0 bridgehead atoms. The summed E-state index contributed by atoms with van der Waals surface area (Å²) in [6.45, 7) is 2.70. The Bertz CT molecular complexity index is 804. The van der Waals surface area contributed by atoms with E-state index in [2.05, 4.69) is 28.6 Å². The molecule has 1 rings (SSSR count). The summed E-state index contributed by atoms with van der Waals surface area (Å²) < 4.78 is 0. The number of carbonyl (C=O) groups excluding carboxylic acids is 3. The average molecular weight is 471 g/mol. The van der Waals surface area contributed by atoms with Crippen LogP contribution < -0.4 is 21.7 Å². The third kappa shape index (κ3) is 8.36. The molecule has 0 saturated carbocycles. The number of amides is 3. The van der Waals surface area contributed by atoms with Crippen LogP contribution in [0.4, 0.5) is 0 Å². The van der Waals surface area contributed by atoms with Crippen LogP contribution >= 0.6 is 12.6 Å². The van der Waals surface area contributed by atoms with Crippen molar-refractivity contribution in [1.82, 2.24) is 16.0 Å². The van der Waals surface area contributed by atoms with Gasteiger partial charge in [0.15, 0.2) is 0 Å². The maximum absolute atomic E-state index is 13.0. The highest BCUT2D eigenvalue weighted by Gasteiger charge is 2.31. The maximum atomic E-state index is 13.0. The zero-order valence-corrected chi connectivity index (χ0v) is 18.7. The molecule has 0 heterocycles. The van der Waals surface area contributed by atoms with Crippen LogP contribution in [0.1, 0.15) is 19.4 Å². The van der Waals surface area contributed by atoms with Gasteiger partial charge < -0.3 is 37.0 Å². The number of phenols is 1. The smallest absolute Gasteiger partial charge is 0.327 e. The number of aliphatic carboxylic acids is 1. The molecule has 11 nitrogen and oxygen atoms in total. The molecule has 1 aromatic rings. The fraction of sp³-hybridized carbons (Fsp3) is 0.500. The van der Waals surface area contributed by atoms with Crippen LogP contribution in [0.3, 0.4) is 0 Å². The zero-order chi connectivity index (χ0) is 24.4. The molecule has 0 aliphatic heterocycles. The van der Waals surface area contributed by atoms with Crippen molar-refractivity contribution in [3.05, 3.63) is 29.8 Å². The summed E-state index contributed by atoms with van der Waals surface area (Å²) in [4.78, 5) is 48.9. The second-order valence-electron chi connectivity index (χ2n) is 7.53. The molecule has 0 saturated heterocycles. The van der Waals surface area contributed by atoms with Gasteiger partial charge in [0.2, 0.25) is 17.7 Å². The van der Waals surface area contributed by atoms with Gasteiger partial charge in [0, 0.05) is 12.2 Å². The maximum Gasteiger partial charge on any atom is 0.327 e. The number of rotatable bonds is 12. The first-order valence-corrected chi connectivity index (χ1v) is 10.5. The van der Waals surface area contributed by atoms with Crippen molar-refractivity contribution in [2.24, 2.45) is 11.7 Å². The summed E-state index contributed by atoms with van der Waals surface area (Å²) in [5.74, 6) is -3.97. The first-order valence-electron chi connectivity index (χ1n) is 9.89. The van der Waals surface area contributed by atoms with Gasteiger partial charge >= 0.3 is 5.97 Å². The number of nitrogens with two attached hydrogens (primary N) is 1. The van der Waals surface area contributed by atoms with Gasteiger partial charge in [0.25, 0.3) is 0 Å². The lowest BCUT2D eigenvalue weighted by Gasteiger charge is -2.27. The number of aromatic hydroxyl groups is 1. The summed E-state index contributed by atoms with van der Waals surface area (Å²) in [6, 6.07) is 1.22. The Balaban J connectivity index is 3.05. The van der Waals surface area contributed by atoms with Gasteiger partial charge in [0.1, 0.15) is 29.9 Å². The van der Waals surface area contributed by atoms with E-state index < -0.39 is 60.4 Å². The van der Waals surface area contributed by atoms with Crippen molar-refractivity contribution in [3.8, 4) is 5.75 Å². The molecular weight excluding hydrogens is 440 g/mol. The summed E-state index contributed by atoms with van der Waals surface area (Å²) >= 11 is 3.90. The fourth-order valence-corrected chi connectivity index (χ4v) is 2.92. The molecule has 178 valence electrons. The Morgan fingerprint density at radius 2 is 1.53 bits per heavy atom. The van der Waals surface area contributed by atoms with Gasteiger partial charge in [-0.2, -0.15) is 12.6 Å². The van der Waals surface area contributed by atoms with E-state index in [1.807, 2.05) is 0 Å². The van der Waals surface area contributed by atoms with Crippen LogP contribution in [0.5, 0.6) is 5.75 Å². The third-order valence-corrected chi connectivity index (χ3v) is 4.95. The number of carboxylic acid groups (broad SMARTS) is 1. The van der Waals surface area contributed by atoms with Crippen molar-refractivity contribution in [3.63, 3.8) is 0 Å². The lowest BCUT2D eigenvalue weighted by atomic mass is 10.0. The zero-order valence-electron chi connectivity index (χ0n) is 17.8. The topological polar surface area (TPSA) is 191 Å². The minimum absolute atomic E-state index is 0.0107. The molecule has 1 aromatic carbocycles. The van der Waals surface area contributed by atoms with E-state index >= 15 is 0 Å². The quantitative estimate of drug-likeness (QED) is 0.167. The highest BCUT2D eigenvalue weighted by atomic mass is 32.1. The Labute approximate surface area is 191 Å². The highest BCUT2D eigenvalue weighted by Crippen LogP contribution is 2.12. The molecule has 0 radical (unpaired) electrons. The molecule has 0 aliphatic rings.